The maximum Gasteiger partial charge on any atom is 0.289 e. The quantitative estimate of drug-likeness (QED) is 0.473. The minimum Gasteiger partial charge on any atom is -0.493 e. The van der Waals surface area contributed by atoms with E-state index in [0.29, 0.717) is 22.9 Å². The minimum absolute atomic E-state index is 0.289. The van der Waals surface area contributed by atoms with Crippen molar-refractivity contribution < 1.29 is 14.3 Å². The topological polar surface area (TPSA) is 108 Å². The maximum atomic E-state index is 11.8. The molecule has 0 bridgehead atoms. The third-order valence-corrected chi connectivity index (χ3v) is 3.07. The van der Waals surface area contributed by atoms with E-state index in [1.807, 2.05) is 5.43 Å². The van der Waals surface area contributed by atoms with Crippen LogP contribution in [0.25, 0.3) is 5.69 Å². The van der Waals surface area contributed by atoms with Gasteiger partial charge in [0.25, 0.3) is 5.91 Å². The summed E-state index contributed by atoms with van der Waals surface area (Å²) in [4.78, 5) is 23.4. The Balaban J connectivity index is 2.62. The second-order valence-electron chi connectivity index (χ2n) is 4.42. The number of nitrogen functional groups attached to an aromatic ring is 1. The van der Waals surface area contributed by atoms with Gasteiger partial charge in [-0.1, -0.05) is 0 Å². The fraction of sp³-hybridized carbons (Fsp3) is 0.214. The molecule has 0 atom stereocenters. The SMILES string of the molecule is COc1ccc(-n2nc(C(=O)NN)c(=O)cc2C)cc1OC. The van der Waals surface area contributed by atoms with E-state index in [2.05, 4.69) is 5.10 Å². The van der Waals surface area contributed by atoms with Crippen molar-refractivity contribution in [2.45, 2.75) is 6.92 Å². The zero-order valence-corrected chi connectivity index (χ0v) is 12.4. The highest BCUT2D eigenvalue weighted by Crippen LogP contribution is 2.29. The van der Waals surface area contributed by atoms with Gasteiger partial charge in [0.1, 0.15) is 0 Å². The molecule has 0 saturated carbocycles. The molecule has 1 amide bonds. The molecular weight excluding hydrogens is 288 g/mol. The summed E-state index contributed by atoms with van der Waals surface area (Å²) >= 11 is 0. The number of nitrogens with one attached hydrogen (secondary N) is 1. The van der Waals surface area contributed by atoms with Gasteiger partial charge in [-0.15, -0.1) is 0 Å². The Morgan fingerprint density at radius 3 is 2.50 bits per heavy atom. The number of nitrogens with zero attached hydrogens (tertiary/aromatic N) is 2. The van der Waals surface area contributed by atoms with E-state index < -0.39 is 11.3 Å². The zero-order valence-electron chi connectivity index (χ0n) is 12.4. The summed E-state index contributed by atoms with van der Waals surface area (Å²) in [6.45, 7) is 1.70. The van der Waals surface area contributed by atoms with Crippen molar-refractivity contribution in [1.29, 1.82) is 0 Å². The highest BCUT2D eigenvalue weighted by atomic mass is 16.5. The average Bonchev–Trinajstić information content (AvgIpc) is 2.53. The number of rotatable bonds is 4. The third-order valence-electron chi connectivity index (χ3n) is 3.07. The van der Waals surface area contributed by atoms with Crippen LogP contribution in [0, 0.1) is 6.92 Å². The molecule has 0 aliphatic carbocycles. The summed E-state index contributed by atoms with van der Waals surface area (Å²) in [5.41, 5.74) is 2.28. The Bertz CT molecular complexity index is 770. The Labute approximate surface area is 126 Å². The number of hydrogen-bond acceptors (Lipinski definition) is 6. The Morgan fingerprint density at radius 2 is 1.91 bits per heavy atom. The molecule has 0 saturated heterocycles. The Hall–Kier alpha value is -2.87. The van der Waals surface area contributed by atoms with Crippen LogP contribution in [0.15, 0.2) is 29.1 Å². The van der Waals surface area contributed by atoms with Crippen LogP contribution in [0.4, 0.5) is 0 Å². The van der Waals surface area contributed by atoms with Crippen LogP contribution in [-0.4, -0.2) is 29.9 Å². The van der Waals surface area contributed by atoms with Gasteiger partial charge in [-0.25, -0.2) is 10.5 Å². The largest absolute Gasteiger partial charge is 0.493 e. The number of carbonyl (C=O) groups is 1. The maximum absolute atomic E-state index is 11.8. The van der Waals surface area contributed by atoms with Gasteiger partial charge >= 0.3 is 0 Å². The standard InChI is InChI=1S/C14H16N4O4/c1-8-6-10(19)13(14(20)16-15)17-18(8)9-4-5-11(21-2)12(7-9)22-3/h4-7H,15H2,1-3H3,(H,16,20). The van der Waals surface area contributed by atoms with Crippen LogP contribution in [0.5, 0.6) is 11.5 Å². The van der Waals surface area contributed by atoms with Crippen LogP contribution >= 0.6 is 0 Å². The number of aromatic nitrogens is 2. The molecule has 8 heteroatoms. The molecule has 0 unspecified atom stereocenters. The smallest absolute Gasteiger partial charge is 0.289 e. The number of aryl methyl sites for hydroxylation is 1. The van der Waals surface area contributed by atoms with Crippen LogP contribution in [0.2, 0.25) is 0 Å². The molecule has 0 fully saturated rings. The fourth-order valence-electron chi connectivity index (χ4n) is 1.99. The number of ether oxygens (including phenoxy) is 2. The summed E-state index contributed by atoms with van der Waals surface area (Å²) < 4.78 is 11.9. The number of amides is 1. The second-order valence-corrected chi connectivity index (χ2v) is 4.42. The predicted octanol–water partition coefficient (Wildman–Crippen LogP) is 0.162. The highest BCUT2D eigenvalue weighted by Gasteiger charge is 2.15. The van der Waals surface area contributed by atoms with Gasteiger partial charge in [-0.3, -0.25) is 15.0 Å². The van der Waals surface area contributed by atoms with Gasteiger partial charge in [-0.05, 0) is 19.1 Å². The van der Waals surface area contributed by atoms with Gasteiger partial charge in [0.2, 0.25) is 5.43 Å². The first-order chi connectivity index (χ1) is 10.5. The van der Waals surface area contributed by atoms with Gasteiger partial charge in [-0.2, -0.15) is 5.10 Å². The molecule has 0 aliphatic rings. The van der Waals surface area contributed by atoms with E-state index in [0.717, 1.165) is 0 Å². The first kappa shape index (κ1) is 15.5. The van der Waals surface area contributed by atoms with Crippen molar-refractivity contribution in [3.63, 3.8) is 0 Å². The summed E-state index contributed by atoms with van der Waals surface area (Å²) in [6.07, 6.45) is 0. The monoisotopic (exact) mass is 304 g/mol. The summed E-state index contributed by atoms with van der Waals surface area (Å²) in [5, 5.41) is 4.06. The summed E-state index contributed by atoms with van der Waals surface area (Å²) in [6, 6.07) is 6.44. The number of carbonyl (C=O) groups excluding carboxylic acids is 1. The number of hydrogen-bond donors (Lipinski definition) is 2. The van der Waals surface area contributed by atoms with E-state index in [9.17, 15) is 9.59 Å². The van der Waals surface area contributed by atoms with Crippen molar-refractivity contribution >= 4 is 5.91 Å². The summed E-state index contributed by atoms with van der Waals surface area (Å²) in [7, 11) is 3.05. The van der Waals surface area contributed by atoms with Crippen LogP contribution < -0.4 is 26.2 Å². The van der Waals surface area contributed by atoms with Crippen molar-refractivity contribution in [3.8, 4) is 17.2 Å². The first-order valence-electron chi connectivity index (χ1n) is 6.36. The van der Waals surface area contributed by atoms with E-state index in [1.165, 1.54) is 25.0 Å². The third kappa shape index (κ3) is 2.77. The Morgan fingerprint density at radius 1 is 1.23 bits per heavy atom. The lowest BCUT2D eigenvalue weighted by atomic mass is 10.2. The second kappa shape index (κ2) is 6.27. The van der Waals surface area contributed by atoms with Crippen LogP contribution in [0.1, 0.15) is 16.2 Å². The number of hydrazine groups is 1. The van der Waals surface area contributed by atoms with Crippen LogP contribution in [-0.2, 0) is 0 Å². The number of methoxy groups -OCH3 is 2. The highest BCUT2D eigenvalue weighted by molar-refractivity contribution is 5.91. The van der Waals surface area contributed by atoms with Gasteiger partial charge < -0.3 is 9.47 Å². The van der Waals surface area contributed by atoms with Crippen LogP contribution in [0.3, 0.4) is 0 Å². The fourth-order valence-corrected chi connectivity index (χ4v) is 1.99. The van der Waals surface area contributed by atoms with Gasteiger partial charge in [0, 0.05) is 17.8 Å². The lowest BCUT2D eigenvalue weighted by Crippen LogP contribution is -2.36. The van der Waals surface area contributed by atoms with Crippen molar-refractivity contribution in [2.75, 3.05) is 14.2 Å². The Kier molecular flexibility index (Phi) is 4.42. The van der Waals surface area contributed by atoms with E-state index >= 15 is 0 Å². The zero-order chi connectivity index (χ0) is 16.3. The molecule has 0 aliphatic heterocycles. The molecule has 1 heterocycles. The van der Waals surface area contributed by atoms with E-state index in [1.54, 1.807) is 25.1 Å². The van der Waals surface area contributed by atoms with E-state index in [-0.39, 0.29) is 5.69 Å². The lowest BCUT2D eigenvalue weighted by molar-refractivity contribution is 0.0945. The van der Waals surface area contributed by atoms with Crippen molar-refractivity contribution in [1.82, 2.24) is 15.2 Å². The molecule has 22 heavy (non-hydrogen) atoms. The summed E-state index contributed by atoms with van der Waals surface area (Å²) in [5.74, 6) is 5.37. The number of nitrogens with two attached hydrogens (primary N) is 1. The minimum atomic E-state index is -0.751. The molecule has 0 radical (unpaired) electrons. The molecule has 8 nitrogen and oxygen atoms in total. The molecule has 1 aromatic heterocycles. The molecule has 3 N–H and O–H groups in total. The van der Waals surface area contributed by atoms with E-state index in [4.69, 9.17) is 15.3 Å². The van der Waals surface area contributed by atoms with Gasteiger partial charge in [0.15, 0.2) is 17.2 Å². The van der Waals surface area contributed by atoms with Crippen molar-refractivity contribution in [2.24, 2.45) is 5.84 Å². The normalized spacial score (nSPS) is 10.2. The number of benzene rings is 1. The molecule has 2 rings (SSSR count). The lowest BCUT2D eigenvalue weighted by Gasteiger charge is -2.13. The molecule has 1 aromatic carbocycles. The molecular formula is C14H16N4O4. The predicted molar refractivity (Wildman–Crippen MR) is 79.3 cm³/mol. The molecule has 116 valence electrons. The molecule has 2 aromatic rings. The van der Waals surface area contributed by atoms with Crippen molar-refractivity contribution in [3.05, 3.63) is 45.9 Å². The average molecular weight is 304 g/mol. The first-order valence-corrected chi connectivity index (χ1v) is 6.36. The molecule has 0 spiro atoms. The van der Waals surface area contributed by atoms with Gasteiger partial charge in [0.05, 0.1) is 19.9 Å².